The molecule has 2 N–H and O–H groups in total. The molecule has 1 amide bonds. The molecule has 1 heterocycles. The quantitative estimate of drug-likeness (QED) is 0.252. The molecule has 1 aromatic heterocycles. The number of amides is 1. The summed E-state index contributed by atoms with van der Waals surface area (Å²) in [6, 6.07) is 26.7. The Bertz CT molecular complexity index is 1570. The first-order valence-electron chi connectivity index (χ1n) is 11.7. The van der Waals surface area contributed by atoms with Crippen LogP contribution in [0.4, 0.5) is 5.69 Å². The number of rotatable bonds is 6. The molecule has 0 bridgehead atoms. The number of carbonyl (C=O) groups is 1. The van der Waals surface area contributed by atoms with Gasteiger partial charge in [0, 0.05) is 16.8 Å². The Morgan fingerprint density at radius 3 is 2.67 bits per heavy atom. The van der Waals surface area contributed by atoms with Gasteiger partial charge in [0.05, 0.1) is 6.61 Å². The monoisotopic (exact) mass is 495 g/mol. The van der Waals surface area contributed by atoms with Gasteiger partial charge in [-0.2, -0.15) is 0 Å². The first kappa shape index (κ1) is 23.5. The number of nitrogens with one attached hydrogen (secondary N) is 2. The third-order valence-electron chi connectivity index (χ3n) is 5.57. The van der Waals surface area contributed by atoms with Crippen molar-refractivity contribution >= 4 is 50.8 Å². The van der Waals surface area contributed by atoms with Gasteiger partial charge in [-0.15, -0.1) is 0 Å². The topological polar surface area (TPSA) is 76.4 Å². The zero-order chi connectivity index (χ0) is 25.1. The van der Waals surface area contributed by atoms with E-state index in [0.717, 1.165) is 16.3 Å². The maximum Gasteiger partial charge on any atom is 0.257 e. The van der Waals surface area contributed by atoms with E-state index in [1.54, 1.807) is 18.2 Å². The Labute approximate surface area is 214 Å². The van der Waals surface area contributed by atoms with Crippen molar-refractivity contribution in [1.82, 2.24) is 10.3 Å². The molecule has 0 saturated heterocycles. The SMILES string of the molecule is CC(C)COc1cccc(C(=O)NC(=S)Nc2ccc3oc(-c4cccc5ccccc45)nc3c2)c1. The molecule has 5 aromatic rings. The van der Waals surface area contributed by atoms with Gasteiger partial charge < -0.3 is 14.5 Å². The average molecular weight is 496 g/mol. The molecule has 0 aliphatic carbocycles. The van der Waals surface area contributed by atoms with Gasteiger partial charge in [0.1, 0.15) is 11.3 Å². The van der Waals surface area contributed by atoms with Crippen molar-refractivity contribution in [2.75, 3.05) is 11.9 Å². The Kier molecular flexibility index (Phi) is 6.64. The van der Waals surface area contributed by atoms with E-state index in [0.29, 0.717) is 46.5 Å². The standard InChI is InChI=1S/C29H25N3O3S/c1-18(2)17-34-22-10-5-9-20(15-22)27(33)32-29(36)30-21-13-14-26-25(16-21)31-28(35-26)24-12-6-8-19-7-3-4-11-23(19)24/h3-16,18H,17H2,1-2H3,(H2,30,32,33,36). The molecule has 7 heteroatoms. The van der Waals surface area contributed by atoms with Crippen molar-refractivity contribution in [3.63, 3.8) is 0 Å². The Balaban J connectivity index is 1.29. The predicted octanol–water partition coefficient (Wildman–Crippen LogP) is 6.81. The zero-order valence-corrected chi connectivity index (χ0v) is 20.8. The van der Waals surface area contributed by atoms with E-state index in [1.165, 1.54) is 0 Å². The van der Waals surface area contributed by atoms with E-state index in [2.05, 4.69) is 42.7 Å². The first-order valence-corrected chi connectivity index (χ1v) is 12.1. The molecule has 4 aromatic carbocycles. The van der Waals surface area contributed by atoms with Gasteiger partial charge in [-0.25, -0.2) is 4.98 Å². The molecule has 0 unspecified atom stereocenters. The molecule has 0 aliphatic rings. The highest BCUT2D eigenvalue weighted by atomic mass is 32.1. The van der Waals surface area contributed by atoms with E-state index in [1.807, 2.05) is 48.5 Å². The lowest BCUT2D eigenvalue weighted by Crippen LogP contribution is -2.34. The van der Waals surface area contributed by atoms with Gasteiger partial charge >= 0.3 is 0 Å². The van der Waals surface area contributed by atoms with E-state index in [4.69, 9.17) is 26.4 Å². The summed E-state index contributed by atoms with van der Waals surface area (Å²) in [7, 11) is 0. The summed E-state index contributed by atoms with van der Waals surface area (Å²) < 4.78 is 11.8. The minimum absolute atomic E-state index is 0.186. The second-order valence-electron chi connectivity index (χ2n) is 8.87. The lowest BCUT2D eigenvalue weighted by molar-refractivity contribution is 0.0977. The number of benzene rings is 4. The first-order chi connectivity index (χ1) is 17.5. The lowest BCUT2D eigenvalue weighted by Gasteiger charge is -2.11. The number of hydrogen-bond donors (Lipinski definition) is 2. The molecule has 6 nitrogen and oxygen atoms in total. The second kappa shape index (κ2) is 10.2. The van der Waals surface area contributed by atoms with Crippen LogP contribution in [0.3, 0.4) is 0 Å². The van der Waals surface area contributed by atoms with Gasteiger partial charge in [0.25, 0.3) is 5.91 Å². The Morgan fingerprint density at radius 2 is 1.81 bits per heavy atom. The molecule has 0 atom stereocenters. The summed E-state index contributed by atoms with van der Waals surface area (Å²) in [5.41, 5.74) is 3.44. The number of ether oxygens (including phenoxy) is 1. The number of aromatic nitrogens is 1. The summed E-state index contributed by atoms with van der Waals surface area (Å²) >= 11 is 5.37. The summed E-state index contributed by atoms with van der Waals surface area (Å²) in [5, 5.41) is 8.16. The molecule has 0 radical (unpaired) electrons. The number of nitrogens with zero attached hydrogens (tertiary/aromatic N) is 1. The van der Waals surface area contributed by atoms with Gasteiger partial charge in [-0.05, 0) is 71.4 Å². The van der Waals surface area contributed by atoms with Gasteiger partial charge in [0.2, 0.25) is 5.89 Å². The minimum Gasteiger partial charge on any atom is -0.493 e. The average Bonchev–Trinajstić information content (AvgIpc) is 3.30. The van der Waals surface area contributed by atoms with E-state index < -0.39 is 0 Å². The van der Waals surface area contributed by atoms with Crippen LogP contribution >= 0.6 is 12.2 Å². The van der Waals surface area contributed by atoms with Crippen LogP contribution in [0.5, 0.6) is 5.75 Å². The van der Waals surface area contributed by atoms with Crippen molar-refractivity contribution in [2.24, 2.45) is 5.92 Å². The van der Waals surface area contributed by atoms with Crippen molar-refractivity contribution in [3.8, 4) is 17.2 Å². The van der Waals surface area contributed by atoms with Gasteiger partial charge in [-0.3, -0.25) is 10.1 Å². The number of fused-ring (bicyclic) bond motifs is 2. The number of anilines is 1. The maximum absolute atomic E-state index is 12.7. The highest BCUT2D eigenvalue weighted by Gasteiger charge is 2.13. The van der Waals surface area contributed by atoms with Crippen LogP contribution in [0, 0.1) is 5.92 Å². The predicted molar refractivity (Wildman–Crippen MR) is 147 cm³/mol. The fourth-order valence-electron chi connectivity index (χ4n) is 3.86. The Hall–Kier alpha value is -4.23. The molecule has 0 aliphatic heterocycles. The van der Waals surface area contributed by atoms with Crippen LogP contribution < -0.4 is 15.4 Å². The highest BCUT2D eigenvalue weighted by Crippen LogP contribution is 2.31. The smallest absolute Gasteiger partial charge is 0.257 e. The minimum atomic E-state index is -0.316. The lowest BCUT2D eigenvalue weighted by atomic mass is 10.0. The maximum atomic E-state index is 12.7. The van der Waals surface area contributed by atoms with Crippen molar-refractivity contribution in [2.45, 2.75) is 13.8 Å². The van der Waals surface area contributed by atoms with E-state index >= 15 is 0 Å². The van der Waals surface area contributed by atoms with Crippen molar-refractivity contribution < 1.29 is 13.9 Å². The summed E-state index contributed by atoms with van der Waals surface area (Å²) in [6.07, 6.45) is 0. The number of hydrogen-bond acceptors (Lipinski definition) is 5. The van der Waals surface area contributed by atoms with Crippen molar-refractivity contribution in [1.29, 1.82) is 0 Å². The summed E-state index contributed by atoms with van der Waals surface area (Å²) in [5.74, 6) is 1.27. The molecular formula is C29H25N3O3S. The molecule has 5 rings (SSSR count). The molecule has 0 spiro atoms. The summed E-state index contributed by atoms with van der Waals surface area (Å²) in [6.45, 7) is 4.72. The van der Waals surface area contributed by atoms with Crippen molar-refractivity contribution in [3.05, 3.63) is 90.5 Å². The molecular weight excluding hydrogens is 470 g/mol. The van der Waals surface area contributed by atoms with E-state index in [9.17, 15) is 4.79 Å². The van der Waals surface area contributed by atoms with Gasteiger partial charge in [-0.1, -0.05) is 56.3 Å². The third kappa shape index (κ3) is 5.21. The fourth-order valence-corrected chi connectivity index (χ4v) is 4.07. The van der Waals surface area contributed by atoms with Crippen LogP contribution in [0.1, 0.15) is 24.2 Å². The molecule has 0 saturated carbocycles. The van der Waals surface area contributed by atoms with Gasteiger partial charge in [0.15, 0.2) is 10.7 Å². The zero-order valence-electron chi connectivity index (χ0n) is 19.9. The number of oxazole rings is 1. The summed E-state index contributed by atoms with van der Waals surface area (Å²) in [4.78, 5) is 17.4. The van der Waals surface area contributed by atoms with Crippen LogP contribution in [0.15, 0.2) is 89.3 Å². The number of thiocarbonyl (C=S) groups is 1. The normalized spacial score (nSPS) is 11.1. The molecule has 180 valence electrons. The van der Waals surface area contributed by atoms with Crippen LogP contribution in [-0.2, 0) is 0 Å². The number of carbonyl (C=O) groups excluding carboxylic acids is 1. The van der Waals surface area contributed by atoms with E-state index in [-0.39, 0.29) is 11.0 Å². The molecule has 0 fully saturated rings. The second-order valence-corrected chi connectivity index (χ2v) is 9.28. The van der Waals surface area contributed by atoms with Crippen LogP contribution in [0.2, 0.25) is 0 Å². The largest absolute Gasteiger partial charge is 0.493 e. The Morgan fingerprint density at radius 1 is 1.00 bits per heavy atom. The highest BCUT2D eigenvalue weighted by molar-refractivity contribution is 7.80. The third-order valence-corrected chi connectivity index (χ3v) is 5.78. The van der Waals surface area contributed by atoms with Crippen LogP contribution in [0.25, 0.3) is 33.3 Å². The van der Waals surface area contributed by atoms with Crippen LogP contribution in [-0.4, -0.2) is 22.6 Å². The fraction of sp³-hybridized carbons (Fsp3) is 0.138. The molecule has 36 heavy (non-hydrogen) atoms.